The molecule has 5 rings (SSSR count). The monoisotopic (exact) mass is 396 g/mol. The van der Waals surface area contributed by atoms with Crippen molar-refractivity contribution < 1.29 is 9.59 Å². The molecule has 2 unspecified atom stereocenters. The molecular weight excluding hydrogens is 376 g/mol. The van der Waals surface area contributed by atoms with Crippen molar-refractivity contribution in [3.8, 4) is 0 Å². The van der Waals surface area contributed by atoms with E-state index in [0.717, 1.165) is 22.4 Å². The van der Waals surface area contributed by atoms with E-state index in [1.54, 1.807) is 0 Å². The van der Waals surface area contributed by atoms with E-state index >= 15 is 0 Å². The van der Waals surface area contributed by atoms with Gasteiger partial charge in [0.15, 0.2) is 0 Å². The van der Waals surface area contributed by atoms with Gasteiger partial charge in [-0.1, -0.05) is 72.8 Å². The molecule has 0 bridgehead atoms. The molecule has 3 aromatic carbocycles. The Balaban J connectivity index is 1.25. The Morgan fingerprint density at radius 1 is 0.862 bits per heavy atom. The van der Waals surface area contributed by atoms with Crippen molar-refractivity contribution in [2.45, 2.75) is 18.8 Å². The minimum atomic E-state index is 0.0614. The van der Waals surface area contributed by atoms with Gasteiger partial charge in [0, 0.05) is 17.9 Å². The number of hydrogen-bond donors (Lipinski definition) is 0. The summed E-state index contributed by atoms with van der Waals surface area (Å²) in [5, 5.41) is 4.29. The number of rotatable bonds is 6. The van der Waals surface area contributed by atoms with Crippen LogP contribution in [0.1, 0.15) is 38.7 Å². The van der Waals surface area contributed by atoms with Crippen LogP contribution in [0.4, 0.5) is 0 Å². The van der Waals surface area contributed by atoms with Crippen LogP contribution < -0.4 is 0 Å². The number of thiophene rings is 1. The van der Waals surface area contributed by atoms with E-state index in [1.807, 2.05) is 53.9 Å². The second kappa shape index (κ2) is 7.41. The van der Waals surface area contributed by atoms with Crippen LogP contribution in [0.25, 0.3) is 10.8 Å². The molecule has 0 saturated heterocycles. The topological polar surface area (TPSA) is 34.1 Å². The van der Waals surface area contributed by atoms with Gasteiger partial charge < -0.3 is 0 Å². The number of benzene rings is 3. The van der Waals surface area contributed by atoms with E-state index in [2.05, 4.69) is 30.3 Å². The quantitative estimate of drug-likeness (QED) is 0.372. The molecule has 3 heteroatoms. The van der Waals surface area contributed by atoms with Crippen LogP contribution in [0.15, 0.2) is 84.2 Å². The van der Waals surface area contributed by atoms with Crippen molar-refractivity contribution in [1.29, 1.82) is 0 Å². The van der Waals surface area contributed by atoms with Gasteiger partial charge in [0.25, 0.3) is 0 Å². The van der Waals surface area contributed by atoms with Gasteiger partial charge in [-0.3, -0.25) is 9.59 Å². The number of fused-ring (bicyclic) bond motifs is 1. The van der Waals surface area contributed by atoms with E-state index in [4.69, 9.17) is 0 Å². The summed E-state index contributed by atoms with van der Waals surface area (Å²) in [5.74, 6) is 0.754. The highest BCUT2D eigenvalue weighted by atomic mass is 32.1. The van der Waals surface area contributed by atoms with Crippen LogP contribution in [0.3, 0.4) is 0 Å². The zero-order chi connectivity index (χ0) is 19.8. The third-order valence-corrected chi connectivity index (χ3v) is 6.61. The Labute approximate surface area is 173 Å². The van der Waals surface area contributed by atoms with Gasteiger partial charge in [-0.25, -0.2) is 0 Å². The standard InChI is InChI=1S/C26H20O2S/c27-24(15-17-7-8-18-4-1-2-5-21(18)14-17)23-16-22(23)19-9-11-20(12-10-19)26(28)25-6-3-13-29-25/h1-14,22-23H,15-16H2. The molecule has 2 atom stereocenters. The summed E-state index contributed by atoms with van der Waals surface area (Å²) >= 11 is 1.46. The molecule has 1 heterocycles. The molecule has 1 aromatic heterocycles. The first-order chi connectivity index (χ1) is 14.2. The summed E-state index contributed by atoms with van der Waals surface area (Å²) < 4.78 is 0. The fourth-order valence-electron chi connectivity index (χ4n) is 4.03. The van der Waals surface area contributed by atoms with Gasteiger partial charge in [0.2, 0.25) is 5.78 Å². The summed E-state index contributed by atoms with van der Waals surface area (Å²) in [6.07, 6.45) is 1.39. The van der Waals surface area contributed by atoms with Gasteiger partial charge in [-0.05, 0) is 45.7 Å². The van der Waals surface area contributed by atoms with E-state index < -0.39 is 0 Å². The molecule has 4 aromatic rings. The molecule has 1 fully saturated rings. The summed E-state index contributed by atoms with van der Waals surface area (Å²) in [7, 11) is 0. The van der Waals surface area contributed by atoms with Gasteiger partial charge >= 0.3 is 0 Å². The molecule has 0 spiro atoms. The zero-order valence-corrected chi connectivity index (χ0v) is 16.7. The van der Waals surface area contributed by atoms with Crippen molar-refractivity contribution in [2.24, 2.45) is 5.92 Å². The van der Waals surface area contributed by atoms with Crippen molar-refractivity contribution >= 4 is 33.7 Å². The number of ketones is 2. The molecule has 2 nitrogen and oxygen atoms in total. The lowest BCUT2D eigenvalue weighted by Gasteiger charge is -2.05. The Morgan fingerprint density at radius 3 is 2.41 bits per heavy atom. The molecule has 142 valence electrons. The summed E-state index contributed by atoms with van der Waals surface area (Å²) in [5.41, 5.74) is 2.94. The van der Waals surface area contributed by atoms with Gasteiger partial charge in [-0.15, -0.1) is 11.3 Å². The van der Waals surface area contributed by atoms with Crippen molar-refractivity contribution in [1.82, 2.24) is 0 Å². The van der Waals surface area contributed by atoms with E-state index in [9.17, 15) is 9.59 Å². The zero-order valence-electron chi connectivity index (χ0n) is 15.9. The maximum absolute atomic E-state index is 12.8. The van der Waals surface area contributed by atoms with Gasteiger partial charge in [0.1, 0.15) is 5.78 Å². The average Bonchev–Trinajstić information content (AvgIpc) is 3.38. The Bertz CT molecular complexity index is 1190. The van der Waals surface area contributed by atoms with Crippen molar-refractivity contribution in [3.63, 3.8) is 0 Å². The highest BCUT2D eigenvalue weighted by Gasteiger charge is 2.43. The van der Waals surface area contributed by atoms with Crippen LogP contribution >= 0.6 is 11.3 Å². The maximum Gasteiger partial charge on any atom is 0.202 e. The Morgan fingerprint density at radius 2 is 1.66 bits per heavy atom. The van der Waals surface area contributed by atoms with Crippen LogP contribution in [-0.2, 0) is 11.2 Å². The smallest absolute Gasteiger partial charge is 0.202 e. The third kappa shape index (κ3) is 3.66. The largest absolute Gasteiger partial charge is 0.299 e. The second-order valence-electron chi connectivity index (χ2n) is 7.70. The fourth-order valence-corrected chi connectivity index (χ4v) is 4.72. The predicted molar refractivity (Wildman–Crippen MR) is 118 cm³/mol. The number of carbonyl (C=O) groups excluding carboxylic acids is 2. The van der Waals surface area contributed by atoms with E-state index in [0.29, 0.717) is 17.8 Å². The average molecular weight is 397 g/mol. The highest BCUT2D eigenvalue weighted by molar-refractivity contribution is 7.12. The molecule has 29 heavy (non-hydrogen) atoms. The molecule has 1 aliphatic rings. The fraction of sp³-hybridized carbons (Fsp3) is 0.154. The lowest BCUT2D eigenvalue weighted by atomic mass is 9.99. The van der Waals surface area contributed by atoms with Crippen molar-refractivity contribution in [3.05, 3.63) is 106 Å². The maximum atomic E-state index is 12.8. The Hall–Kier alpha value is -3.04. The molecule has 0 amide bonds. The number of carbonyl (C=O) groups is 2. The molecule has 1 saturated carbocycles. The number of Topliss-reactive ketones (excluding diaryl/α,β-unsaturated/α-hetero) is 1. The van der Waals surface area contributed by atoms with E-state index in [1.165, 1.54) is 22.1 Å². The second-order valence-corrected chi connectivity index (χ2v) is 8.65. The third-order valence-electron chi connectivity index (χ3n) is 5.74. The minimum absolute atomic E-state index is 0.0614. The van der Waals surface area contributed by atoms with E-state index in [-0.39, 0.29) is 17.6 Å². The molecule has 0 radical (unpaired) electrons. The SMILES string of the molecule is O=C(c1ccc(C2CC2C(=O)Cc2ccc3ccccc3c2)cc1)c1cccs1. The Kier molecular flexibility index (Phi) is 4.61. The molecule has 0 N–H and O–H groups in total. The van der Waals surface area contributed by atoms with Gasteiger partial charge in [-0.2, -0.15) is 0 Å². The highest BCUT2D eigenvalue weighted by Crippen LogP contribution is 2.48. The lowest BCUT2D eigenvalue weighted by molar-refractivity contribution is -0.119. The predicted octanol–water partition coefficient (Wildman–Crippen LogP) is 6.05. The first-order valence-electron chi connectivity index (χ1n) is 9.87. The molecular formula is C26H20O2S. The lowest BCUT2D eigenvalue weighted by Crippen LogP contribution is -2.06. The molecule has 0 aliphatic heterocycles. The van der Waals surface area contributed by atoms with Crippen LogP contribution in [-0.4, -0.2) is 11.6 Å². The minimum Gasteiger partial charge on any atom is -0.299 e. The summed E-state index contributed by atoms with van der Waals surface area (Å²) in [6, 6.07) is 26.0. The normalized spacial score (nSPS) is 17.9. The van der Waals surface area contributed by atoms with Crippen LogP contribution in [0.2, 0.25) is 0 Å². The van der Waals surface area contributed by atoms with Crippen molar-refractivity contribution in [2.75, 3.05) is 0 Å². The number of hydrogen-bond acceptors (Lipinski definition) is 3. The molecule has 1 aliphatic carbocycles. The van der Waals surface area contributed by atoms with Crippen LogP contribution in [0.5, 0.6) is 0 Å². The summed E-state index contributed by atoms with van der Waals surface area (Å²) in [6.45, 7) is 0. The first-order valence-corrected chi connectivity index (χ1v) is 10.8. The van der Waals surface area contributed by atoms with Gasteiger partial charge in [0.05, 0.1) is 4.88 Å². The van der Waals surface area contributed by atoms with Crippen LogP contribution in [0, 0.1) is 5.92 Å². The first kappa shape index (κ1) is 18.0. The summed E-state index contributed by atoms with van der Waals surface area (Å²) in [4.78, 5) is 26.0.